The van der Waals surface area contributed by atoms with Gasteiger partial charge in [-0.25, -0.2) is 4.98 Å². The lowest BCUT2D eigenvalue weighted by Crippen LogP contribution is -2.25. The summed E-state index contributed by atoms with van der Waals surface area (Å²) in [7, 11) is 0. The zero-order valence-electron chi connectivity index (χ0n) is 15.3. The third-order valence-electron chi connectivity index (χ3n) is 5.55. The average Bonchev–Trinajstić information content (AvgIpc) is 3.41. The monoisotopic (exact) mass is 399 g/mol. The van der Waals surface area contributed by atoms with E-state index in [2.05, 4.69) is 31.2 Å². The van der Waals surface area contributed by atoms with E-state index in [9.17, 15) is 0 Å². The molecule has 1 saturated heterocycles. The Kier molecular flexibility index (Phi) is 4.91. The van der Waals surface area contributed by atoms with Crippen LogP contribution in [0.4, 0.5) is 5.82 Å². The highest BCUT2D eigenvalue weighted by molar-refractivity contribution is 5.85. The Morgan fingerprint density at radius 3 is 3.00 bits per heavy atom. The van der Waals surface area contributed by atoms with Gasteiger partial charge in [-0.1, -0.05) is 0 Å². The third-order valence-corrected chi connectivity index (χ3v) is 5.55. The van der Waals surface area contributed by atoms with Gasteiger partial charge in [-0.2, -0.15) is 15.3 Å². The van der Waals surface area contributed by atoms with Gasteiger partial charge in [-0.3, -0.25) is 4.68 Å². The van der Waals surface area contributed by atoms with E-state index in [4.69, 9.17) is 15.6 Å². The van der Waals surface area contributed by atoms with Crippen LogP contribution in [-0.4, -0.2) is 38.1 Å². The van der Waals surface area contributed by atoms with E-state index in [0.29, 0.717) is 11.6 Å². The molecule has 2 aliphatic heterocycles. The minimum atomic E-state index is 0. The predicted octanol–water partition coefficient (Wildman–Crippen LogP) is 1.95. The van der Waals surface area contributed by atoms with Crippen LogP contribution in [0.1, 0.15) is 24.2 Å². The van der Waals surface area contributed by atoms with Crippen LogP contribution in [0.15, 0.2) is 36.7 Å². The number of ether oxygens (including phenoxy) is 1. The molecule has 3 N–H and O–H groups in total. The van der Waals surface area contributed by atoms with Gasteiger partial charge in [0.25, 0.3) is 0 Å². The Labute approximate surface area is 168 Å². The summed E-state index contributed by atoms with van der Waals surface area (Å²) in [5, 5.41) is 16.2. The van der Waals surface area contributed by atoms with Crippen molar-refractivity contribution in [3.8, 4) is 17.0 Å². The fraction of sp³-hybridized carbons (Fsp3) is 0.368. The van der Waals surface area contributed by atoms with Crippen LogP contribution in [0, 0.1) is 0 Å². The largest absolute Gasteiger partial charge is 0.483 e. The highest BCUT2D eigenvalue weighted by atomic mass is 35.5. The van der Waals surface area contributed by atoms with Crippen LogP contribution >= 0.6 is 12.4 Å². The molecule has 0 radical (unpaired) electrons. The Morgan fingerprint density at radius 2 is 2.21 bits per heavy atom. The molecule has 1 fully saturated rings. The van der Waals surface area contributed by atoms with Crippen molar-refractivity contribution in [2.24, 2.45) is 0 Å². The minimum absolute atomic E-state index is 0. The summed E-state index contributed by atoms with van der Waals surface area (Å²) in [5.74, 6) is 0.884. The highest BCUT2D eigenvalue weighted by Gasteiger charge is 2.42. The number of fused-ring (bicyclic) bond motifs is 2. The maximum Gasteiger partial charge on any atom is 0.166 e. The summed E-state index contributed by atoms with van der Waals surface area (Å²) in [6.45, 7) is 3.36. The molecule has 0 aromatic carbocycles. The molecule has 2 aliphatic rings. The molecule has 0 saturated carbocycles. The van der Waals surface area contributed by atoms with Crippen molar-refractivity contribution in [2.75, 3.05) is 18.8 Å². The van der Waals surface area contributed by atoms with E-state index in [0.717, 1.165) is 43.0 Å². The normalized spacial score (nSPS) is 20.1. The van der Waals surface area contributed by atoms with Crippen LogP contribution < -0.4 is 15.8 Å². The number of nitrogens with zero attached hydrogens (tertiary/aromatic N) is 5. The Balaban J connectivity index is 0.00000192. The van der Waals surface area contributed by atoms with Gasteiger partial charge in [-0.05, 0) is 43.7 Å². The Morgan fingerprint density at radius 1 is 1.29 bits per heavy atom. The van der Waals surface area contributed by atoms with Gasteiger partial charge in [0, 0.05) is 42.2 Å². The third kappa shape index (κ3) is 3.18. The summed E-state index contributed by atoms with van der Waals surface area (Å²) >= 11 is 0. The van der Waals surface area contributed by atoms with Gasteiger partial charge in [-0.15, -0.1) is 12.4 Å². The van der Waals surface area contributed by atoms with Crippen molar-refractivity contribution in [3.05, 3.63) is 48.0 Å². The number of nitrogens with two attached hydrogens (primary N) is 1. The number of aryl methyl sites for hydroxylation is 1. The zero-order valence-corrected chi connectivity index (χ0v) is 16.2. The molecular weight excluding hydrogens is 378 g/mol. The molecule has 3 aromatic heterocycles. The quantitative estimate of drug-likeness (QED) is 0.690. The topological polar surface area (TPSA) is 104 Å². The van der Waals surface area contributed by atoms with Crippen LogP contribution in [0.25, 0.3) is 11.3 Å². The lowest BCUT2D eigenvalue weighted by molar-refractivity contribution is 0.300. The van der Waals surface area contributed by atoms with E-state index in [1.807, 2.05) is 18.2 Å². The first kappa shape index (κ1) is 18.6. The molecule has 9 heteroatoms. The molecule has 28 heavy (non-hydrogen) atoms. The van der Waals surface area contributed by atoms with Gasteiger partial charge in [0.05, 0.1) is 5.69 Å². The number of nitrogen functional groups attached to an aromatic ring is 1. The second kappa shape index (κ2) is 7.37. The maximum atomic E-state index is 5.99. The summed E-state index contributed by atoms with van der Waals surface area (Å²) < 4.78 is 7.96. The van der Waals surface area contributed by atoms with Crippen molar-refractivity contribution >= 4 is 18.2 Å². The second-order valence-electron chi connectivity index (χ2n) is 7.21. The van der Waals surface area contributed by atoms with Crippen molar-refractivity contribution < 1.29 is 4.74 Å². The molecule has 1 spiro atoms. The van der Waals surface area contributed by atoms with Crippen LogP contribution in [-0.2, 0) is 18.6 Å². The molecule has 8 nitrogen and oxygen atoms in total. The summed E-state index contributed by atoms with van der Waals surface area (Å²) in [4.78, 5) is 4.29. The first-order valence-corrected chi connectivity index (χ1v) is 9.18. The van der Waals surface area contributed by atoms with E-state index < -0.39 is 0 Å². The predicted molar refractivity (Wildman–Crippen MR) is 107 cm³/mol. The number of hydrogen-bond acceptors (Lipinski definition) is 7. The van der Waals surface area contributed by atoms with Crippen molar-refractivity contribution in [1.29, 1.82) is 0 Å². The lowest BCUT2D eigenvalue weighted by atomic mass is 9.82. The van der Waals surface area contributed by atoms with Gasteiger partial charge in [0.15, 0.2) is 11.6 Å². The van der Waals surface area contributed by atoms with E-state index in [1.165, 1.54) is 12.1 Å². The van der Waals surface area contributed by atoms with E-state index in [1.54, 1.807) is 12.4 Å². The number of nitrogens with one attached hydrogen (secondary N) is 1. The number of halogens is 1. The van der Waals surface area contributed by atoms with Gasteiger partial charge < -0.3 is 15.8 Å². The zero-order chi connectivity index (χ0) is 18.3. The van der Waals surface area contributed by atoms with Crippen LogP contribution in [0.2, 0.25) is 0 Å². The molecule has 0 aliphatic carbocycles. The summed E-state index contributed by atoms with van der Waals surface area (Å²) in [6.07, 6.45) is 5.71. The molecule has 0 unspecified atom stereocenters. The number of rotatable bonds is 4. The molecule has 3 aromatic rings. The van der Waals surface area contributed by atoms with Crippen molar-refractivity contribution in [2.45, 2.75) is 31.4 Å². The smallest absolute Gasteiger partial charge is 0.166 e. The summed E-state index contributed by atoms with van der Waals surface area (Å²) in [6, 6.07) is 7.77. The molecule has 0 bridgehead atoms. The molecule has 146 valence electrons. The standard InChI is InChI=1S/C19H21N7O.ClH/c20-18-16(27-11-14-2-1-5-23-24-14)8-13(10-22-18)15-9-17-19(3-6-21-12-19)4-7-26(17)25-15;/h1-2,5,8-10,21H,3-4,6-7,11-12H2,(H2,20,22);1H/t19-;/m1./s1. The molecule has 5 rings (SSSR count). The summed E-state index contributed by atoms with van der Waals surface area (Å²) in [5.41, 5.74) is 10.1. The Bertz CT molecular complexity index is 970. The van der Waals surface area contributed by atoms with Gasteiger partial charge in [0.1, 0.15) is 12.3 Å². The van der Waals surface area contributed by atoms with Gasteiger partial charge >= 0.3 is 0 Å². The van der Waals surface area contributed by atoms with E-state index >= 15 is 0 Å². The number of hydrogen-bond donors (Lipinski definition) is 2. The average molecular weight is 400 g/mol. The van der Waals surface area contributed by atoms with Crippen LogP contribution in [0.3, 0.4) is 0 Å². The van der Waals surface area contributed by atoms with Crippen molar-refractivity contribution in [1.82, 2.24) is 30.3 Å². The molecular formula is C19H22ClN7O. The van der Waals surface area contributed by atoms with Crippen LogP contribution in [0.5, 0.6) is 5.75 Å². The number of pyridine rings is 1. The minimum Gasteiger partial charge on any atom is -0.483 e. The van der Waals surface area contributed by atoms with Gasteiger partial charge in [0.2, 0.25) is 0 Å². The first-order chi connectivity index (χ1) is 13.2. The molecule has 5 heterocycles. The lowest BCUT2D eigenvalue weighted by Gasteiger charge is -2.20. The molecule has 1 atom stereocenters. The van der Waals surface area contributed by atoms with E-state index in [-0.39, 0.29) is 24.4 Å². The first-order valence-electron chi connectivity index (χ1n) is 9.18. The second-order valence-corrected chi connectivity index (χ2v) is 7.21. The molecule has 0 amide bonds. The fourth-order valence-electron chi connectivity index (χ4n) is 4.05. The van der Waals surface area contributed by atoms with Crippen molar-refractivity contribution in [3.63, 3.8) is 0 Å². The number of anilines is 1. The maximum absolute atomic E-state index is 5.99. The fourth-order valence-corrected chi connectivity index (χ4v) is 4.05. The SMILES string of the molecule is Cl.Nc1ncc(-c2cc3n(n2)CC[C@@]32CCNC2)cc1OCc1cccnn1. The highest BCUT2D eigenvalue weighted by Crippen LogP contribution is 2.41. The Hall–Kier alpha value is -2.71. The number of aromatic nitrogens is 5.